The minimum Gasteiger partial charge on any atom is -0.352 e. The SMILES string of the molecule is Cc1ccc(CNC(=O)C2CCC(CN([C@H](C)c3ccccc3)S(=O)(=O)c3ccccc3)CC2)cc1. The maximum Gasteiger partial charge on any atom is 0.243 e. The summed E-state index contributed by atoms with van der Waals surface area (Å²) in [7, 11) is -3.67. The molecule has 0 aromatic heterocycles. The van der Waals surface area contributed by atoms with E-state index < -0.39 is 10.0 Å². The Morgan fingerprint density at radius 2 is 1.47 bits per heavy atom. The number of nitrogens with one attached hydrogen (secondary N) is 1. The van der Waals surface area contributed by atoms with Crippen molar-refractivity contribution in [1.82, 2.24) is 9.62 Å². The Bertz CT molecular complexity index is 1220. The van der Waals surface area contributed by atoms with Crippen LogP contribution in [0.2, 0.25) is 0 Å². The maximum atomic E-state index is 13.7. The highest BCUT2D eigenvalue weighted by molar-refractivity contribution is 7.89. The Labute approximate surface area is 215 Å². The van der Waals surface area contributed by atoms with Crippen LogP contribution in [0.1, 0.15) is 55.3 Å². The molecule has 6 heteroatoms. The Hall–Kier alpha value is -2.96. The van der Waals surface area contributed by atoms with Gasteiger partial charge in [-0.2, -0.15) is 4.31 Å². The Morgan fingerprint density at radius 1 is 0.889 bits per heavy atom. The van der Waals surface area contributed by atoms with Crippen LogP contribution >= 0.6 is 0 Å². The van der Waals surface area contributed by atoms with E-state index in [1.54, 1.807) is 28.6 Å². The van der Waals surface area contributed by atoms with E-state index in [9.17, 15) is 13.2 Å². The fourth-order valence-corrected chi connectivity index (χ4v) is 6.71. The summed E-state index contributed by atoms with van der Waals surface area (Å²) in [5.41, 5.74) is 3.27. The summed E-state index contributed by atoms with van der Waals surface area (Å²) in [6.45, 7) is 5.00. The second kappa shape index (κ2) is 11.8. The minimum atomic E-state index is -3.67. The zero-order chi connectivity index (χ0) is 25.5. The predicted molar refractivity (Wildman–Crippen MR) is 144 cm³/mol. The molecule has 190 valence electrons. The molecule has 1 N–H and O–H groups in total. The third-order valence-electron chi connectivity index (χ3n) is 7.31. The van der Waals surface area contributed by atoms with Crippen molar-refractivity contribution in [3.8, 4) is 0 Å². The quantitative estimate of drug-likeness (QED) is 0.396. The lowest BCUT2D eigenvalue weighted by Crippen LogP contribution is -2.39. The summed E-state index contributed by atoms with van der Waals surface area (Å²) in [4.78, 5) is 13.1. The molecule has 0 aliphatic heterocycles. The van der Waals surface area contributed by atoms with Crippen molar-refractivity contribution in [2.45, 2.75) is 57.0 Å². The van der Waals surface area contributed by atoms with Gasteiger partial charge >= 0.3 is 0 Å². The Kier molecular flexibility index (Phi) is 8.60. The topological polar surface area (TPSA) is 66.5 Å². The third-order valence-corrected chi connectivity index (χ3v) is 9.26. The molecule has 36 heavy (non-hydrogen) atoms. The second-order valence-corrected chi connectivity index (χ2v) is 11.8. The first kappa shape index (κ1) is 26.1. The molecule has 0 radical (unpaired) electrons. The summed E-state index contributed by atoms with van der Waals surface area (Å²) < 4.78 is 29.0. The van der Waals surface area contributed by atoms with Crippen LogP contribution in [0.3, 0.4) is 0 Å². The summed E-state index contributed by atoms with van der Waals surface area (Å²) >= 11 is 0. The van der Waals surface area contributed by atoms with Gasteiger partial charge in [0.2, 0.25) is 15.9 Å². The molecule has 3 aromatic rings. The molecule has 1 fully saturated rings. The molecule has 1 saturated carbocycles. The van der Waals surface area contributed by atoms with E-state index in [0.717, 1.165) is 36.8 Å². The molecular formula is C30H36N2O3S. The highest BCUT2D eigenvalue weighted by Crippen LogP contribution is 2.34. The molecular weight excluding hydrogens is 468 g/mol. The smallest absolute Gasteiger partial charge is 0.243 e. The van der Waals surface area contributed by atoms with Crippen molar-refractivity contribution >= 4 is 15.9 Å². The van der Waals surface area contributed by atoms with E-state index in [1.165, 1.54) is 5.56 Å². The van der Waals surface area contributed by atoms with E-state index in [1.807, 2.05) is 62.4 Å². The van der Waals surface area contributed by atoms with Gasteiger partial charge in [-0.05, 0) is 68.7 Å². The zero-order valence-corrected chi connectivity index (χ0v) is 22.0. The Morgan fingerprint density at radius 3 is 2.08 bits per heavy atom. The van der Waals surface area contributed by atoms with Crippen molar-refractivity contribution in [2.75, 3.05) is 6.54 Å². The molecule has 3 aromatic carbocycles. The van der Waals surface area contributed by atoms with Crippen molar-refractivity contribution in [2.24, 2.45) is 11.8 Å². The van der Waals surface area contributed by atoms with Crippen LogP contribution in [-0.2, 0) is 21.4 Å². The third kappa shape index (κ3) is 6.42. The van der Waals surface area contributed by atoms with Gasteiger partial charge in [-0.1, -0.05) is 78.4 Å². The van der Waals surface area contributed by atoms with E-state index in [2.05, 4.69) is 17.4 Å². The van der Waals surface area contributed by atoms with Crippen molar-refractivity contribution in [3.63, 3.8) is 0 Å². The van der Waals surface area contributed by atoms with Gasteiger partial charge in [-0.3, -0.25) is 4.79 Å². The van der Waals surface area contributed by atoms with Gasteiger partial charge in [-0.25, -0.2) is 8.42 Å². The number of benzene rings is 3. The standard InChI is InChI=1S/C30H36N2O3S/c1-23-13-15-25(16-14-23)21-31-30(33)28-19-17-26(18-20-28)22-32(24(2)27-9-5-3-6-10-27)36(34,35)29-11-7-4-8-12-29/h3-16,24,26,28H,17-22H2,1-2H3,(H,31,33)/t24-,26?,28?/m1/s1. The molecule has 1 aliphatic carbocycles. The van der Waals surface area contributed by atoms with Crippen LogP contribution in [0.25, 0.3) is 0 Å². The van der Waals surface area contributed by atoms with E-state index in [4.69, 9.17) is 0 Å². The van der Waals surface area contributed by atoms with Gasteiger partial charge < -0.3 is 5.32 Å². The number of sulfonamides is 1. The second-order valence-electron chi connectivity index (χ2n) is 9.90. The molecule has 0 unspecified atom stereocenters. The van der Waals surface area contributed by atoms with Crippen LogP contribution in [0.15, 0.2) is 89.8 Å². The first-order valence-corrected chi connectivity index (χ1v) is 14.2. The van der Waals surface area contributed by atoms with Crippen LogP contribution in [0.5, 0.6) is 0 Å². The van der Waals surface area contributed by atoms with Crippen molar-refractivity contribution in [3.05, 3.63) is 102 Å². The number of amides is 1. The molecule has 1 amide bonds. The lowest BCUT2D eigenvalue weighted by atomic mass is 9.81. The fraction of sp³-hybridized carbons (Fsp3) is 0.367. The van der Waals surface area contributed by atoms with Gasteiger partial charge in [-0.15, -0.1) is 0 Å². The lowest BCUT2D eigenvalue weighted by molar-refractivity contribution is -0.126. The molecule has 1 aliphatic rings. The first-order chi connectivity index (χ1) is 17.3. The molecule has 0 spiro atoms. The average Bonchev–Trinajstić information content (AvgIpc) is 2.92. The number of carbonyl (C=O) groups excluding carboxylic acids is 1. The number of aryl methyl sites for hydroxylation is 1. The Balaban J connectivity index is 1.40. The van der Waals surface area contributed by atoms with E-state index >= 15 is 0 Å². The van der Waals surface area contributed by atoms with Crippen LogP contribution < -0.4 is 5.32 Å². The molecule has 0 bridgehead atoms. The summed E-state index contributed by atoms with van der Waals surface area (Å²) in [6.07, 6.45) is 3.24. The molecule has 1 atom stereocenters. The number of rotatable bonds is 9. The van der Waals surface area contributed by atoms with E-state index in [0.29, 0.717) is 18.0 Å². The number of carbonyl (C=O) groups is 1. The lowest BCUT2D eigenvalue weighted by Gasteiger charge is -2.35. The maximum absolute atomic E-state index is 13.7. The van der Waals surface area contributed by atoms with Gasteiger partial charge in [0.1, 0.15) is 0 Å². The molecule has 5 nitrogen and oxygen atoms in total. The van der Waals surface area contributed by atoms with Crippen LogP contribution in [0, 0.1) is 18.8 Å². The van der Waals surface area contributed by atoms with Crippen LogP contribution in [-0.4, -0.2) is 25.2 Å². The zero-order valence-electron chi connectivity index (χ0n) is 21.1. The number of hydrogen-bond donors (Lipinski definition) is 1. The van der Waals surface area contributed by atoms with Gasteiger partial charge in [0, 0.05) is 25.0 Å². The predicted octanol–water partition coefficient (Wildman–Crippen LogP) is 5.87. The normalized spacial score (nSPS) is 19.1. The summed E-state index contributed by atoms with van der Waals surface area (Å²) in [5, 5.41) is 3.08. The first-order valence-electron chi connectivity index (χ1n) is 12.8. The van der Waals surface area contributed by atoms with Gasteiger partial charge in [0.15, 0.2) is 0 Å². The summed E-state index contributed by atoms with van der Waals surface area (Å²) in [6, 6.07) is 26.4. The van der Waals surface area contributed by atoms with Crippen molar-refractivity contribution in [1.29, 1.82) is 0 Å². The highest BCUT2D eigenvalue weighted by Gasteiger charge is 2.34. The van der Waals surface area contributed by atoms with Crippen molar-refractivity contribution < 1.29 is 13.2 Å². The number of hydrogen-bond acceptors (Lipinski definition) is 3. The van der Waals surface area contributed by atoms with Gasteiger partial charge in [0.25, 0.3) is 0 Å². The largest absolute Gasteiger partial charge is 0.352 e. The van der Waals surface area contributed by atoms with Crippen LogP contribution in [0.4, 0.5) is 0 Å². The van der Waals surface area contributed by atoms with Gasteiger partial charge in [0.05, 0.1) is 4.90 Å². The van der Waals surface area contributed by atoms with E-state index in [-0.39, 0.29) is 23.8 Å². The molecule has 4 rings (SSSR count). The monoisotopic (exact) mass is 504 g/mol. The number of nitrogens with zero attached hydrogens (tertiary/aromatic N) is 1. The minimum absolute atomic E-state index is 0.0163. The highest BCUT2D eigenvalue weighted by atomic mass is 32.2. The average molecular weight is 505 g/mol. The fourth-order valence-electron chi connectivity index (χ4n) is 4.99. The molecule has 0 saturated heterocycles. The summed E-state index contributed by atoms with van der Waals surface area (Å²) in [5.74, 6) is 0.300. The molecule has 0 heterocycles.